The van der Waals surface area contributed by atoms with Gasteiger partial charge in [-0.15, -0.1) is 0 Å². The van der Waals surface area contributed by atoms with Gasteiger partial charge in [0.2, 0.25) is 0 Å². The SMILES string of the molecule is CC1CCCCN1c1nc(N)cn2ccnc12. The van der Waals surface area contributed by atoms with Crippen LogP contribution >= 0.6 is 0 Å². The number of anilines is 2. The molecule has 0 radical (unpaired) electrons. The summed E-state index contributed by atoms with van der Waals surface area (Å²) in [6, 6.07) is 0.513. The third-order valence-corrected chi connectivity index (χ3v) is 3.45. The molecule has 1 fully saturated rings. The Kier molecular flexibility index (Phi) is 2.39. The van der Waals surface area contributed by atoms with E-state index in [1.807, 2.05) is 10.6 Å². The van der Waals surface area contributed by atoms with E-state index >= 15 is 0 Å². The van der Waals surface area contributed by atoms with Gasteiger partial charge in [-0.1, -0.05) is 0 Å². The zero-order chi connectivity index (χ0) is 11.8. The van der Waals surface area contributed by atoms with Crippen molar-refractivity contribution in [1.29, 1.82) is 0 Å². The lowest BCUT2D eigenvalue weighted by Crippen LogP contribution is -2.38. The van der Waals surface area contributed by atoms with Crippen molar-refractivity contribution in [3.8, 4) is 0 Å². The molecule has 1 atom stereocenters. The van der Waals surface area contributed by atoms with E-state index in [4.69, 9.17) is 5.73 Å². The van der Waals surface area contributed by atoms with E-state index in [0.717, 1.165) is 18.0 Å². The van der Waals surface area contributed by atoms with Gasteiger partial charge in [-0.25, -0.2) is 9.97 Å². The van der Waals surface area contributed by atoms with Crippen LogP contribution < -0.4 is 10.6 Å². The summed E-state index contributed by atoms with van der Waals surface area (Å²) >= 11 is 0. The van der Waals surface area contributed by atoms with Gasteiger partial charge >= 0.3 is 0 Å². The molecular formula is C12H17N5. The maximum Gasteiger partial charge on any atom is 0.180 e. The highest BCUT2D eigenvalue weighted by Crippen LogP contribution is 2.26. The second kappa shape index (κ2) is 3.91. The lowest BCUT2D eigenvalue weighted by Gasteiger charge is -2.34. The molecule has 2 N–H and O–H groups in total. The summed E-state index contributed by atoms with van der Waals surface area (Å²) in [7, 11) is 0. The Hall–Kier alpha value is -1.78. The van der Waals surface area contributed by atoms with Gasteiger partial charge in [0.25, 0.3) is 0 Å². The van der Waals surface area contributed by atoms with E-state index < -0.39 is 0 Å². The normalized spacial score (nSPS) is 21.0. The van der Waals surface area contributed by atoms with Gasteiger partial charge in [0.1, 0.15) is 5.82 Å². The Morgan fingerprint density at radius 3 is 3.12 bits per heavy atom. The van der Waals surface area contributed by atoms with Crippen LogP contribution in [-0.4, -0.2) is 27.0 Å². The molecule has 1 saturated heterocycles. The number of nitrogen functional groups attached to an aromatic ring is 1. The maximum absolute atomic E-state index is 5.85. The van der Waals surface area contributed by atoms with E-state index in [9.17, 15) is 0 Å². The number of hydrogen-bond donors (Lipinski definition) is 1. The highest BCUT2D eigenvalue weighted by molar-refractivity contribution is 5.66. The van der Waals surface area contributed by atoms with E-state index in [0.29, 0.717) is 11.9 Å². The van der Waals surface area contributed by atoms with Crippen LogP contribution in [0.4, 0.5) is 11.6 Å². The largest absolute Gasteiger partial charge is 0.382 e. The third kappa shape index (κ3) is 1.71. The van der Waals surface area contributed by atoms with E-state index in [1.54, 1.807) is 12.4 Å². The summed E-state index contributed by atoms with van der Waals surface area (Å²) in [5.74, 6) is 1.46. The molecule has 0 aromatic carbocycles. The minimum Gasteiger partial charge on any atom is -0.382 e. The molecule has 0 spiro atoms. The number of piperidine rings is 1. The van der Waals surface area contributed by atoms with Gasteiger partial charge in [0.15, 0.2) is 11.5 Å². The van der Waals surface area contributed by atoms with Gasteiger partial charge in [-0.05, 0) is 26.2 Å². The molecular weight excluding hydrogens is 214 g/mol. The van der Waals surface area contributed by atoms with Crippen molar-refractivity contribution in [3.05, 3.63) is 18.6 Å². The Morgan fingerprint density at radius 2 is 2.29 bits per heavy atom. The molecule has 90 valence electrons. The fraction of sp³-hybridized carbons (Fsp3) is 0.500. The van der Waals surface area contributed by atoms with Crippen LogP contribution in [-0.2, 0) is 0 Å². The van der Waals surface area contributed by atoms with Crippen molar-refractivity contribution >= 4 is 17.3 Å². The van der Waals surface area contributed by atoms with Crippen molar-refractivity contribution < 1.29 is 0 Å². The summed E-state index contributed by atoms with van der Waals surface area (Å²) in [5, 5.41) is 0. The number of rotatable bonds is 1. The zero-order valence-electron chi connectivity index (χ0n) is 10.0. The first kappa shape index (κ1) is 10.4. The summed E-state index contributed by atoms with van der Waals surface area (Å²) in [6.45, 7) is 3.28. The molecule has 5 heteroatoms. The van der Waals surface area contributed by atoms with Crippen LogP contribution in [0, 0.1) is 0 Å². The lowest BCUT2D eigenvalue weighted by atomic mass is 10.0. The second-order valence-electron chi connectivity index (χ2n) is 4.69. The average molecular weight is 231 g/mol. The molecule has 0 aliphatic carbocycles. The molecule has 17 heavy (non-hydrogen) atoms. The fourth-order valence-corrected chi connectivity index (χ4v) is 2.54. The molecule has 2 aromatic heterocycles. The van der Waals surface area contributed by atoms with Crippen LogP contribution in [0.1, 0.15) is 26.2 Å². The minimum absolute atomic E-state index is 0.513. The summed E-state index contributed by atoms with van der Waals surface area (Å²) in [6.07, 6.45) is 9.22. The molecule has 0 saturated carbocycles. The molecule has 3 rings (SSSR count). The minimum atomic E-state index is 0.513. The van der Waals surface area contributed by atoms with Gasteiger partial charge < -0.3 is 15.0 Å². The first-order chi connectivity index (χ1) is 8.25. The highest BCUT2D eigenvalue weighted by Gasteiger charge is 2.22. The molecule has 0 bridgehead atoms. The maximum atomic E-state index is 5.85. The van der Waals surface area contributed by atoms with Gasteiger partial charge in [-0.3, -0.25) is 0 Å². The summed E-state index contributed by atoms with van der Waals surface area (Å²) in [4.78, 5) is 11.2. The van der Waals surface area contributed by atoms with Crippen molar-refractivity contribution in [2.24, 2.45) is 0 Å². The topological polar surface area (TPSA) is 59.5 Å². The number of aromatic nitrogens is 3. The number of hydrogen-bond acceptors (Lipinski definition) is 4. The van der Waals surface area contributed by atoms with Crippen LogP contribution in [0.2, 0.25) is 0 Å². The zero-order valence-corrected chi connectivity index (χ0v) is 10.0. The van der Waals surface area contributed by atoms with Crippen molar-refractivity contribution in [2.45, 2.75) is 32.2 Å². The Balaban J connectivity index is 2.11. The summed E-state index contributed by atoms with van der Waals surface area (Å²) < 4.78 is 1.94. The van der Waals surface area contributed by atoms with E-state index in [1.165, 1.54) is 19.3 Å². The molecule has 1 aliphatic heterocycles. The Bertz CT molecular complexity index is 533. The van der Waals surface area contributed by atoms with Gasteiger partial charge in [-0.2, -0.15) is 0 Å². The molecule has 2 aromatic rings. The highest BCUT2D eigenvalue weighted by atomic mass is 15.3. The van der Waals surface area contributed by atoms with E-state index in [2.05, 4.69) is 21.8 Å². The molecule has 1 aliphatic rings. The quantitative estimate of drug-likeness (QED) is 0.811. The van der Waals surface area contributed by atoms with Crippen LogP contribution in [0.15, 0.2) is 18.6 Å². The van der Waals surface area contributed by atoms with Crippen molar-refractivity contribution in [2.75, 3.05) is 17.2 Å². The first-order valence-electron chi connectivity index (χ1n) is 6.11. The average Bonchev–Trinajstić information content (AvgIpc) is 2.76. The molecule has 1 unspecified atom stereocenters. The van der Waals surface area contributed by atoms with Crippen LogP contribution in [0.3, 0.4) is 0 Å². The lowest BCUT2D eigenvalue weighted by molar-refractivity contribution is 0.482. The van der Waals surface area contributed by atoms with Gasteiger partial charge in [0.05, 0.1) is 6.20 Å². The number of imidazole rings is 1. The Morgan fingerprint density at radius 1 is 1.41 bits per heavy atom. The van der Waals surface area contributed by atoms with Crippen molar-refractivity contribution in [3.63, 3.8) is 0 Å². The monoisotopic (exact) mass is 231 g/mol. The number of nitrogens with zero attached hydrogens (tertiary/aromatic N) is 4. The molecule has 5 nitrogen and oxygen atoms in total. The standard InChI is InChI=1S/C12H17N5/c1-9-4-2-3-6-17(9)12-11-14-5-7-16(11)8-10(13)15-12/h5,7-9H,2-4,6,13H2,1H3. The van der Waals surface area contributed by atoms with Gasteiger partial charge in [0, 0.05) is 25.0 Å². The Labute approximate surface area is 100 Å². The predicted octanol–water partition coefficient (Wildman–Crippen LogP) is 1.69. The summed E-state index contributed by atoms with van der Waals surface area (Å²) in [5.41, 5.74) is 6.75. The van der Waals surface area contributed by atoms with Crippen LogP contribution in [0.5, 0.6) is 0 Å². The second-order valence-corrected chi connectivity index (χ2v) is 4.69. The molecule has 3 heterocycles. The number of nitrogens with two attached hydrogens (primary N) is 1. The predicted molar refractivity (Wildman–Crippen MR) is 68.1 cm³/mol. The molecule has 0 amide bonds. The van der Waals surface area contributed by atoms with E-state index in [-0.39, 0.29) is 0 Å². The first-order valence-corrected chi connectivity index (χ1v) is 6.11. The number of fused-ring (bicyclic) bond motifs is 1. The smallest absolute Gasteiger partial charge is 0.180 e. The van der Waals surface area contributed by atoms with Crippen LogP contribution in [0.25, 0.3) is 5.65 Å². The van der Waals surface area contributed by atoms with Crippen molar-refractivity contribution in [1.82, 2.24) is 14.4 Å². The third-order valence-electron chi connectivity index (χ3n) is 3.45. The fourth-order valence-electron chi connectivity index (χ4n) is 2.54.